The van der Waals surface area contributed by atoms with Gasteiger partial charge < -0.3 is 9.67 Å². The van der Waals surface area contributed by atoms with Crippen molar-refractivity contribution in [2.45, 2.75) is 6.10 Å². The summed E-state index contributed by atoms with van der Waals surface area (Å²) < 4.78 is 3.38. The first kappa shape index (κ1) is 23.7. The van der Waals surface area contributed by atoms with Crippen molar-refractivity contribution in [1.82, 2.24) is 19.1 Å². The van der Waals surface area contributed by atoms with E-state index in [0.717, 1.165) is 16.5 Å². The van der Waals surface area contributed by atoms with Crippen molar-refractivity contribution >= 4 is 34.2 Å². The highest BCUT2D eigenvalue weighted by Gasteiger charge is 2.16. The second-order valence-corrected chi connectivity index (χ2v) is 8.66. The molecule has 3 aromatic heterocycles. The van der Waals surface area contributed by atoms with Crippen LogP contribution in [-0.4, -0.2) is 24.2 Å². The van der Waals surface area contributed by atoms with Crippen LogP contribution in [0, 0.1) is 0 Å². The summed E-state index contributed by atoms with van der Waals surface area (Å²) in [5, 5.41) is 12.7. The first-order valence-corrected chi connectivity index (χ1v) is 11.2. The van der Waals surface area contributed by atoms with Gasteiger partial charge in [-0.05, 0) is 47.0 Å². The van der Waals surface area contributed by atoms with E-state index in [-0.39, 0.29) is 5.56 Å². The minimum atomic E-state index is -0.862. The second-order valence-electron chi connectivity index (χ2n) is 7.79. The highest BCUT2D eigenvalue weighted by atomic mass is 35.5. The Morgan fingerprint density at radius 2 is 1.71 bits per heavy atom. The molecule has 5 aromatic rings. The van der Waals surface area contributed by atoms with Gasteiger partial charge in [-0.1, -0.05) is 47.5 Å². The molecule has 0 fully saturated rings. The number of halogens is 2. The molecule has 0 aliphatic heterocycles. The zero-order valence-corrected chi connectivity index (χ0v) is 20.1. The summed E-state index contributed by atoms with van der Waals surface area (Å²) in [6, 6.07) is 17.7. The minimum Gasteiger partial charge on any atom is -0.384 e. The Kier molecular flexibility index (Phi) is 7.12. The van der Waals surface area contributed by atoms with Crippen LogP contribution < -0.4 is 5.56 Å². The Morgan fingerprint density at radius 3 is 2.32 bits per heavy atom. The van der Waals surface area contributed by atoms with Gasteiger partial charge in [-0.15, -0.1) is 0 Å². The Hall–Kier alpha value is -3.45. The summed E-state index contributed by atoms with van der Waals surface area (Å²) in [5.74, 6) is 0. The smallest absolute Gasteiger partial charge is 0.252 e. The van der Waals surface area contributed by atoms with Gasteiger partial charge in [0.05, 0.1) is 6.33 Å². The summed E-state index contributed by atoms with van der Waals surface area (Å²) in [6.07, 6.45) is 6.11. The minimum absolute atomic E-state index is 0.166. The lowest BCUT2D eigenvalue weighted by atomic mass is 9.98. The molecule has 0 spiro atoms. The molecule has 5 rings (SSSR count). The molecule has 0 aliphatic carbocycles. The highest BCUT2D eigenvalue weighted by Crippen LogP contribution is 2.31. The lowest BCUT2D eigenvalue weighted by Gasteiger charge is -2.15. The van der Waals surface area contributed by atoms with Gasteiger partial charge in [-0.2, -0.15) is 0 Å². The number of aromatic nitrogens is 4. The zero-order valence-electron chi connectivity index (χ0n) is 18.6. The average Bonchev–Trinajstić information content (AvgIpc) is 3.32. The normalized spacial score (nSPS) is 11.7. The van der Waals surface area contributed by atoms with Gasteiger partial charge in [0.25, 0.3) is 5.56 Å². The van der Waals surface area contributed by atoms with Gasteiger partial charge >= 0.3 is 0 Å². The summed E-state index contributed by atoms with van der Waals surface area (Å²) >= 11 is 12.1. The molecule has 0 saturated heterocycles. The summed E-state index contributed by atoms with van der Waals surface area (Å²) in [4.78, 5) is 20.7. The van der Waals surface area contributed by atoms with E-state index in [1.165, 1.54) is 4.57 Å². The van der Waals surface area contributed by atoms with Crippen molar-refractivity contribution in [2.75, 3.05) is 0 Å². The van der Waals surface area contributed by atoms with Gasteiger partial charge in [0, 0.05) is 59.7 Å². The van der Waals surface area contributed by atoms with Crippen molar-refractivity contribution in [1.29, 1.82) is 0 Å². The second kappa shape index (κ2) is 10.2. The van der Waals surface area contributed by atoms with Crippen LogP contribution in [0.3, 0.4) is 0 Å². The monoisotopic (exact) mass is 492 g/mol. The number of rotatable bonds is 3. The number of hydrogen-bond donors (Lipinski definition) is 1. The Morgan fingerprint density at radius 1 is 0.941 bits per heavy atom. The van der Waals surface area contributed by atoms with E-state index in [4.69, 9.17) is 23.2 Å². The van der Waals surface area contributed by atoms with Gasteiger partial charge in [0.1, 0.15) is 11.8 Å². The third-order valence-corrected chi connectivity index (χ3v) is 5.85. The fraction of sp³-hybridized carbons (Fsp3) is 0.115. The highest BCUT2D eigenvalue weighted by molar-refractivity contribution is 6.31. The molecule has 34 heavy (non-hydrogen) atoms. The molecule has 8 heteroatoms. The van der Waals surface area contributed by atoms with Crippen LogP contribution in [0.2, 0.25) is 10.0 Å². The third-order valence-electron chi connectivity index (χ3n) is 5.37. The van der Waals surface area contributed by atoms with E-state index in [2.05, 4.69) is 9.97 Å². The van der Waals surface area contributed by atoms with Gasteiger partial charge in [-0.3, -0.25) is 9.36 Å². The number of benzene rings is 2. The molecule has 172 valence electrons. The maximum absolute atomic E-state index is 12.4. The number of pyridine rings is 2. The predicted molar refractivity (Wildman–Crippen MR) is 136 cm³/mol. The molecule has 0 saturated carbocycles. The first-order valence-electron chi connectivity index (χ1n) is 10.4. The number of nitrogens with zero attached hydrogens (tertiary/aromatic N) is 4. The lowest BCUT2D eigenvalue weighted by Crippen LogP contribution is -2.17. The maximum atomic E-state index is 12.4. The van der Waals surface area contributed by atoms with Crippen LogP contribution in [0.25, 0.3) is 22.2 Å². The molecule has 0 radical (unpaired) electrons. The third kappa shape index (κ3) is 5.20. The van der Waals surface area contributed by atoms with Crippen molar-refractivity contribution < 1.29 is 5.11 Å². The molecule has 0 bridgehead atoms. The van der Waals surface area contributed by atoms with Gasteiger partial charge in [0.2, 0.25) is 0 Å². The molecular weight excluding hydrogens is 471 g/mol. The molecule has 1 unspecified atom stereocenters. The summed E-state index contributed by atoms with van der Waals surface area (Å²) in [7, 11) is 3.61. The fourth-order valence-corrected chi connectivity index (χ4v) is 3.87. The summed E-state index contributed by atoms with van der Waals surface area (Å²) in [6.45, 7) is 0. The zero-order chi connectivity index (χ0) is 24.2. The standard InChI is InChI=1S/C22H16Cl2N2O2.C4H6N2/c1-26-20(27)11-18(14-3-2-4-17(24)9-14)19-10-15(12-25-22(19)26)21(28)13-5-7-16(23)8-6-13;1-6-3-2-5-4-6/h2-12,21,28H,1H3;2-4H,1H3. The Balaban J connectivity index is 0.000000398. The van der Waals surface area contributed by atoms with E-state index in [9.17, 15) is 9.90 Å². The molecular formula is C26H22Cl2N4O2. The van der Waals surface area contributed by atoms with Gasteiger partial charge in [0.15, 0.2) is 0 Å². The van der Waals surface area contributed by atoms with Crippen LogP contribution in [-0.2, 0) is 14.1 Å². The van der Waals surface area contributed by atoms with E-state index in [1.807, 2.05) is 36.0 Å². The molecule has 2 aromatic carbocycles. The SMILES string of the molecule is Cn1c(=O)cc(-c2cccc(Cl)c2)c2cc(C(O)c3ccc(Cl)cc3)cnc21.Cn1ccnc1. The number of fused-ring (bicyclic) bond motifs is 1. The number of aliphatic hydroxyl groups excluding tert-OH is 1. The van der Waals surface area contributed by atoms with Crippen LogP contribution in [0.1, 0.15) is 17.2 Å². The molecule has 0 amide bonds. The quantitative estimate of drug-likeness (QED) is 0.365. The number of aryl methyl sites for hydroxylation is 2. The van der Waals surface area contributed by atoms with Crippen molar-refractivity contribution in [3.8, 4) is 11.1 Å². The molecule has 6 nitrogen and oxygen atoms in total. The molecule has 1 N–H and O–H groups in total. The largest absolute Gasteiger partial charge is 0.384 e. The maximum Gasteiger partial charge on any atom is 0.252 e. The molecule has 3 heterocycles. The number of aliphatic hydroxyl groups is 1. The molecule has 1 atom stereocenters. The summed E-state index contributed by atoms with van der Waals surface area (Å²) in [5.41, 5.74) is 3.24. The lowest BCUT2D eigenvalue weighted by molar-refractivity contribution is 0.220. The average molecular weight is 493 g/mol. The first-order chi connectivity index (χ1) is 16.3. The van der Waals surface area contributed by atoms with Gasteiger partial charge in [-0.25, -0.2) is 9.97 Å². The number of imidazole rings is 1. The topological polar surface area (TPSA) is 72.9 Å². The van der Waals surface area contributed by atoms with E-state index < -0.39 is 6.10 Å². The molecule has 0 aliphatic rings. The Labute approximate surface area is 206 Å². The van der Waals surface area contributed by atoms with E-state index >= 15 is 0 Å². The van der Waals surface area contributed by atoms with Crippen molar-refractivity contribution in [2.24, 2.45) is 14.1 Å². The van der Waals surface area contributed by atoms with Crippen LogP contribution in [0.4, 0.5) is 0 Å². The predicted octanol–water partition coefficient (Wildman–Crippen LogP) is 5.41. The van der Waals surface area contributed by atoms with E-state index in [0.29, 0.717) is 26.8 Å². The number of hydrogen-bond acceptors (Lipinski definition) is 4. The van der Waals surface area contributed by atoms with Crippen LogP contribution in [0.5, 0.6) is 0 Å². The Bertz CT molecular complexity index is 1480. The van der Waals surface area contributed by atoms with Crippen molar-refractivity contribution in [3.05, 3.63) is 117 Å². The van der Waals surface area contributed by atoms with Crippen LogP contribution in [0.15, 0.2) is 90.4 Å². The fourth-order valence-electron chi connectivity index (χ4n) is 3.55. The van der Waals surface area contributed by atoms with E-state index in [1.54, 1.807) is 68.2 Å². The van der Waals surface area contributed by atoms with Crippen LogP contribution >= 0.6 is 23.2 Å². The van der Waals surface area contributed by atoms with Crippen molar-refractivity contribution in [3.63, 3.8) is 0 Å².